The molecule has 0 aliphatic heterocycles. The smallest absolute Gasteiger partial charge is 0.341 e. The maximum Gasteiger partial charge on any atom is 0.341 e. The molecule has 2 aromatic rings. The van der Waals surface area contributed by atoms with Crippen LogP contribution >= 0.6 is 23.2 Å². The quantitative estimate of drug-likeness (QED) is 0.0806. The highest BCUT2D eigenvalue weighted by atomic mass is 35.5. The number of carbonyl (C=O) groups is 2. The molecule has 0 bridgehead atoms. The Morgan fingerprint density at radius 3 is 1.17 bits per heavy atom. The SMILES string of the molecule is CCCCCCCCCCCCCCCCCCCC=C(c1cc(Cl)cc(C(=O)OC)c1OC)c1cc(Cl)cc(C(=O)OC)c1OC. The molecule has 0 spiro atoms. The minimum absolute atomic E-state index is 0.190. The Hall–Kier alpha value is -2.70. The van der Waals surface area contributed by atoms with Gasteiger partial charge in [0.15, 0.2) is 0 Å². The molecular weight excluding hydrogens is 635 g/mol. The number of benzene rings is 2. The number of allylic oxidation sites excluding steroid dienone is 1. The van der Waals surface area contributed by atoms with Gasteiger partial charge < -0.3 is 18.9 Å². The zero-order valence-corrected chi connectivity index (χ0v) is 30.8. The summed E-state index contributed by atoms with van der Waals surface area (Å²) in [7, 11) is 5.59. The van der Waals surface area contributed by atoms with Gasteiger partial charge in [-0.15, -0.1) is 0 Å². The summed E-state index contributed by atoms with van der Waals surface area (Å²) in [5, 5.41) is 0.665. The van der Waals surface area contributed by atoms with Crippen LogP contribution in [0.5, 0.6) is 11.5 Å². The van der Waals surface area contributed by atoms with Gasteiger partial charge in [0.1, 0.15) is 22.6 Å². The van der Waals surface area contributed by atoms with Crippen molar-refractivity contribution >= 4 is 40.7 Å². The third kappa shape index (κ3) is 13.7. The molecule has 0 unspecified atom stereocenters. The van der Waals surface area contributed by atoms with Crippen molar-refractivity contribution in [2.75, 3.05) is 28.4 Å². The zero-order chi connectivity index (χ0) is 34.4. The fraction of sp³-hybridized carbons (Fsp3) is 0.590. The first-order valence-electron chi connectivity index (χ1n) is 17.4. The topological polar surface area (TPSA) is 71.1 Å². The van der Waals surface area contributed by atoms with Gasteiger partial charge in [0.2, 0.25) is 0 Å². The van der Waals surface area contributed by atoms with Crippen LogP contribution in [0.25, 0.3) is 5.57 Å². The fourth-order valence-corrected chi connectivity index (χ4v) is 6.47. The van der Waals surface area contributed by atoms with E-state index in [1.54, 1.807) is 12.1 Å². The van der Waals surface area contributed by atoms with Crippen molar-refractivity contribution < 1.29 is 28.5 Å². The van der Waals surface area contributed by atoms with Gasteiger partial charge in [-0.2, -0.15) is 0 Å². The second kappa shape index (κ2) is 23.6. The Labute approximate surface area is 293 Å². The first kappa shape index (κ1) is 40.5. The zero-order valence-electron chi connectivity index (χ0n) is 29.3. The number of hydrogen-bond donors (Lipinski definition) is 0. The van der Waals surface area contributed by atoms with E-state index in [0.717, 1.165) is 19.3 Å². The van der Waals surface area contributed by atoms with Gasteiger partial charge in [0.25, 0.3) is 0 Å². The maximum absolute atomic E-state index is 12.7. The molecule has 0 saturated heterocycles. The number of rotatable bonds is 24. The molecule has 0 saturated carbocycles. The number of carbonyl (C=O) groups excluding carboxylic acids is 2. The monoisotopic (exact) mass is 690 g/mol. The van der Waals surface area contributed by atoms with Gasteiger partial charge in [-0.3, -0.25) is 0 Å². The molecule has 47 heavy (non-hydrogen) atoms. The Balaban J connectivity index is 2.04. The molecule has 2 aromatic carbocycles. The van der Waals surface area contributed by atoms with Crippen LogP contribution in [0.15, 0.2) is 30.3 Å². The summed E-state index contributed by atoms with van der Waals surface area (Å²) in [5.74, 6) is -0.550. The first-order valence-corrected chi connectivity index (χ1v) is 18.2. The van der Waals surface area contributed by atoms with Crippen LogP contribution in [-0.4, -0.2) is 40.4 Å². The predicted molar refractivity (Wildman–Crippen MR) is 195 cm³/mol. The van der Waals surface area contributed by atoms with Crippen molar-refractivity contribution in [3.63, 3.8) is 0 Å². The normalized spacial score (nSPS) is 10.9. The predicted octanol–water partition coefficient (Wildman–Crippen LogP) is 12.1. The van der Waals surface area contributed by atoms with E-state index < -0.39 is 11.9 Å². The Morgan fingerprint density at radius 2 is 0.851 bits per heavy atom. The second-order valence-corrected chi connectivity index (χ2v) is 13.0. The molecule has 0 fully saturated rings. The minimum Gasteiger partial charge on any atom is -0.495 e. The van der Waals surface area contributed by atoms with Gasteiger partial charge >= 0.3 is 11.9 Å². The lowest BCUT2D eigenvalue weighted by atomic mass is 9.91. The Kier molecular flexibility index (Phi) is 20.3. The molecule has 0 heterocycles. The average Bonchev–Trinajstić information content (AvgIpc) is 3.07. The summed E-state index contributed by atoms with van der Waals surface area (Å²) in [6.07, 6.45) is 25.1. The van der Waals surface area contributed by atoms with E-state index in [2.05, 4.69) is 13.0 Å². The maximum atomic E-state index is 12.7. The summed E-state index contributed by atoms with van der Waals surface area (Å²) in [6, 6.07) is 6.48. The van der Waals surface area contributed by atoms with Crippen LogP contribution in [0.3, 0.4) is 0 Å². The standard InChI is InChI=1S/C39H56Cl2O6/c1-6-7-8-9-10-11-12-13-14-15-16-17-18-19-20-21-22-23-24-31(32-25-29(40)27-34(36(32)44-2)38(42)46-4)33-26-30(41)28-35(37(33)45-3)39(43)47-5/h24-28H,6-23H2,1-5H3. The number of esters is 2. The van der Waals surface area contributed by atoms with Gasteiger partial charge in [-0.1, -0.05) is 139 Å². The number of methoxy groups -OCH3 is 4. The fourth-order valence-electron chi connectivity index (χ4n) is 6.03. The highest BCUT2D eigenvalue weighted by Crippen LogP contribution is 2.42. The highest BCUT2D eigenvalue weighted by molar-refractivity contribution is 6.32. The number of hydrogen-bond acceptors (Lipinski definition) is 6. The van der Waals surface area contributed by atoms with E-state index >= 15 is 0 Å². The summed E-state index contributed by atoms with van der Waals surface area (Å²) in [4.78, 5) is 25.3. The lowest BCUT2D eigenvalue weighted by Gasteiger charge is -2.20. The molecule has 0 aromatic heterocycles. The summed E-state index contributed by atoms with van der Waals surface area (Å²) in [6.45, 7) is 2.27. The minimum atomic E-state index is -0.577. The molecule has 0 aliphatic carbocycles. The summed E-state index contributed by atoms with van der Waals surface area (Å²) in [5.41, 5.74) is 2.17. The van der Waals surface area contributed by atoms with Crippen LogP contribution in [0.1, 0.15) is 154 Å². The molecule has 0 aliphatic rings. The molecule has 262 valence electrons. The van der Waals surface area contributed by atoms with Gasteiger partial charge in [0.05, 0.1) is 28.4 Å². The van der Waals surface area contributed by atoms with Crippen molar-refractivity contribution in [3.05, 3.63) is 62.6 Å². The lowest BCUT2D eigenvalue weighted by molar-refractivity contribution is 0.0588. The molecule has 0 amide bonds. The lowest BCUT2D eigenvalue weighted by Crippen LogP contribution is -2.09. The van der Waals surface area contributed by atoms with Crippen LogP contribution in [0.4, 0.5) is 0 Å². The van der Waals surface area contributed by atoms with Crippen molar-refractivity contribution in [3.8, 4) is 11.5 Å². The van der Waals surface area contributed by atoms with Crippen molar-refractivity contribution in [2.24, 2.45) is 0 Å². The van der Waals surface area contributed by atoms with Crippen molar-refractivity contribution in [1.29, 1.82) is 0 Å². The summed E-state index contributed by atoms with van der Waals surface area (Å²) < 4.78 is 21.5. The first-order chi connectivity index (χ1) is 22.8. The van der Waals surface area contributed by atoms with E-state index in [4.69, 9.17) is 42.1 Å². The number of halogens is 2. The van der Waals surface area contributed by atoms with Crippen molar-refractivity contribution in [1.82, 2.24) is 0 Å². The summed E-state index contributed by atoms with van der Waals surface area (Å²) >= 11 is 13.0. The van der Waals surface area contributed by atoms with Gasteiger partial charge in [0, 0.05) is 21.2 Å². The van der Waals surface area contributed by atoms with Gasteiger partial charge in [-0.05, 0) is 42.7 Å². The van der Waals surface area contributed by atoms with Crippen LogP contribution in [0, 0.1) is 0 Å². The second-order valence-electron chi connectivity index (χ2n) is 12.1. The van der Waals surface area contributed by atoms with Crippen LogP contribution in [-0.2, 0) is 9.47 Å². The number of ether oxygens (including phenoxy) is 4. The molecule has 0 radical (unpaired) electrons. The van der Waals surface area contributed by atoms with E-state index in [-0.39, 0.29) is 11.1 Å². The number of unbranched alkanes of at least 4 members (excludes halogenated alkanes) is 17. The molecule has 8 heteroatoms. The van der Waals surface area contributed by atoms with Crippen LogP contribution < -0.4 is 9.47 Å². The largest absolute Gasteiger partial charge is 0.495 e. The van der Waals surface area contributed by atoms with E-state index in [1.807, 2.05) is 0 Å². The molecular formula is C39H56Cl2O6. The third-order valence-corrected chi connectivity index (χ3v) is 9.00. The van der Waals surface area contributed by atoms with E-state index in [1.165, 1.54) is 137 Å². The molecule has 0 N–H and O–H groups in total. The Morgan fingerprint density at radius 1 is 0.532 bits per heavy atom. The van der Waals surface area contributed by atoms with Gasteiger partial charge in [-0.25, -0.2) is 9.59 Å². The van der Waals surface area contributed by atoms with Crippen LogP contribution in [0.2, 0.25) is 10.0 Å². The third-order valence-electron chi connectivity index (χ3n) is 8.56. The average molecular weight is 692 g/mol. The molecule has 0 atom stereocenters. The Bertz CT molecular complexity index is 1200. The van der Waals surface area contributed by atoms with E-state index in [0.29, 0.717) is 38.2 Å². The molecule has 6 nitrogen and oxygen atoms in total. The molecule has 2 rings (SSSR count). The van der Waals surface area contributed by atoms with Crippen molar-refractivity contribution in [2.45, 2.75) is 122 Å². The highest BCUT2D eigenvalue weighted by Gasteiger charge is 2.26. The van der Waals surface area contributed by atoms with E-state index in [9.17, 15) is 9.59 Å².